The fourth-order valence-electron chi connectivity index (χ4n) is 1.48. The van der Waals surface area contributed by atoms with E-state index in [1.165, 1.54) is 0 Å². The molecule has 0 unspecified atom stereocenters. The van der Waals surface area contributed by atoms with Crippen molar-refractivity contribution in [2.24, 2.45) is 7.05 Å². The lowest BCUT2D eigenvalue weighted by Crippen LogP contribution is -1.92. The highest BCUT2D eigenvalue weighted by Crippen LogP contribution is 2.30. The molecule has 0 bridgehead atoms. The first-order valence-corrected chi connectivity index (χ1v) is 5.70. The molecule has 0 aliphatic carbocycles. The molecule has 2 aromatic rings. The van der Waals surface area contributed by atoms with Gasteiger partial charge < -0.3 is 0 Å². The molecule has 0 spiro atoms. The van der Waals surface area contributed by atoms with Gasteiger partial charge in [-0.2, -0.15) is 10.4 Å². The summed E-state index contributed by atoms with van der Waals surface area (Å²) in [6.45, 7) is 1.85. The number of aryl methyl sites for hydroxylation is 2. The molecule has 0 fully saturated rings. The van der Waals surface area contributed by atoms with E-state index in [1.54, 1.807) is 16.4 Å². The van der Waals surface area contributed by atoms with Crippen molar-refractivity contribution in [3.05, 3.63) is 41.6 Å². The predicted octanol–water partition coefficient (Wildman–Crippen LogP) is 2.75. The van der Waals surface area contributed by atoms with Crippen molar-refractivity contribution >= 4 is 11.8 Å². The standard InChI is InChI=1S/C12H11N3S/c1-9-11(8-13)12(15(2)14-9)16-10-6-4-3-5-7-10/h3-7H,1-2H3. The van der Waals surface area contributed by atoms with E-state index < -0.39 is 0 Å². The second-order valence-electron chi connectivity index (χ2n) is 3.42. The molecule has 0 N–H and O–H groups in total. The van der Waals surface area contributed by atoms with E-state index in [1.807, 2.05) is 44.3 Å². The Hall–Kier alpha value is -1.73. The maximum atomic E-state index is 9.07. The van der Waals surface area contributed by atoms with Gasteiger partial charge in [0.05, 0.1) is 5.69 Å². The van der Waals surface area contributed by atoms with Crippen molar-refractivity contribution in [3.63, 3.8) is 0 Å². The average Bonchev–Trinajstić information content (AvgIpc) is 2.55. The topological polar surface area (TPSA) is 41.6 Å². The van der Waals surface area contributed by atoms with Gasteiger partial charge >= 0.3 is 0 Å². The van der Waals surface area contributed by atoms with E-state index >= 15 is 0 Å². The summed E-state index contributed by atoms with van der Waals surface area (Å²) in [7, 11) is 1.86. The van der Waals surface area contributed by atoms with E-state index in [0.717, 1.165) is 15.6 Å². The van der Waals surface area contributed by atoms with Crippen molar-refractivity contribution in [2.45, 2.75) is 16.8 Å². The maximum Gasteiger partial charge on any atom is 0.117 e. The van der Waals surface area contributed by atoms with Crippen molar-refractivity contribution in [2.75, 3.05) is 0 Å². The Labute approximate surface area is 98.7 Å². The molecular formula is C12H11N3S. The first-order valence-electron chi connectivity index (χ1n) is 4.89. The Balaban J connectivity index is 2.39. The van der Waals surface area contributed by atoms with E-state index in [0.29, 0.717) is 5.56 Å². The van der Waals surface area contributed by atoms with E-state index in [4.69, 9.17) is 5.26 Å². The van der Waals surface area contributed by atoms with Gasteiger partial charge in [-0.05, 0) is 19.1 Å². The molecule has 80 valence electrons. The summed E-state index contributed by atoms with van der Waals surface area (Å²) < 4.78 is 1.76. The number of benzene rings is 1. The SMILES string of the molecule is Cc1nn(C)c(Sc2ccccc2)c1C#N. The van der Waals surface area contributed by atoms with Gasteiger partial charge in [0.2, 0.25) is 0 Å². The minimum atomic E-state index is 0.663. The summed E-state index contributed by atoms with van der Waals surface area (Å²) in [5.41, 5.74) is 1.44. The molecule has 0 saturated carbocycles. The maximum absolute atomic E-state index is 9.07. The Bertz CT molecular complexity index is 537. The van der Waals surface area contributed by atoms with Crippen LogP contribution >= 0.6 is 11.8 Å². The van der Waals surface area contributed by atoms with Gasteiger partial charge in [-0.3, -0.25) is 4.68 Å². The first-order chi connectivity index (χ1) is 7.72. The highest BCUT2D eigenvalue weighted by atomic mass is 32.2. The largest absolute Gasteiger partial charge is 0.260 e. The molecule has 0 atom stereocenters. The monoisotopic (exact) mass is 229 g/mol. The minimum Gasteiger partial charge on any atom is -0.260 e. The van der Waals surface area contributed by atoms with Crippen LogP contribution in [0.5, 0.6) is 0 Å². The number of hydrogen-bond donors (Lipinski definition) is 0. The number of nitrogens with zero attached hydrogens (tertiary/aromatic N) is 3. The highest BCUT2D eigenvalue weighted by molar-refractivity contribution is 7.99. The third-order valence-electron chi connectivity index (χ3n) is 2.24. The summed E-state index contributed by atoms with van der Waals surface area (Å²) in [5.74, 6) is 0. The van der Waals surface area contributed by atoms with Gasteiger partial charge in [-0.25, -0.2) is 0 Å². The quantitative estimate of drug-likeness (QED) is 0.795. The van der Waals surface area contributed by atoms with Gasteiger partial charge in [0.25, 0.3) is 0 Å². The van der Waals surface area contributed by atoms with Crippen molar-refractivity contribution in [3.8, 4) is 6.07 Å². The van der Waals surface area contributed by atoms with Crippen LogP contribution in [-0.2, 0) is 7.05 Å². The molecule has 2 rings (SSSR count). The third-order valence-corrected chi connectivity index (χ3v) is 3.41. The fourth-order valence-corrected chi connectivity index (χ4v) is 2.47. The molecule has 1 aromatic heterocycles. The normalized spacial score (nSPS) is 10.1. The highest BCUT2D eigenvalue weighted by Gasteiger charge is 2.13. The van der Waals surface area contributed by atoms with Gasteiger partial charge in [0.1, 0.15) is 16.7 Å². The zero-order valence-corrected chi connectivity index (χ0v) is 9.95. The summed E-state index contributed by atoms with van der Waals surface area (Å²) in [6.07, 6.45) is 0. The molecule has 0 saturated heterocycles. The Morgan fingerprint density at radius 3 is 2.62 bits per heavy atom. The van der Waals surface area contributed by atoms with Crippen LogP contribution in [0.2, 0.25) is 0 Å². The molecule has 4 heteroatoms. The van der Waals surface area contributed by atoms with Crippen molar-refractivity contribution in [1.82, 2.24) is 9.78 Å². The fraction of sp³-hybridized carbons (Fsp3) is 0.167. The lowest BCUT2D eigenvalue weighted by Gasteiger charge is -2.01. The van der Waals surface area contributed by atoms with Crippen molar-refractivity contribution in [1.29, 1.82) is 5.26 Å². The number of aromatic nitrogens is 2. The van der Waals surface area contributed by atoms with Crippen LogP contribution in [0.4, 0.5) is 0 Å². The second kappa shape index (κ2) is 4.42. The number of nitriles is 1. The van der Waals surface area contributed by atoms with Crippen LogP contribution in [0, 0.1) is 18.3 Å². The summed E-state index contributed by atoms with van der Waals surface area (Å²) >= 11 is 1.56. The summed E-state index contributed by atoms with van der Waals surface area (Å²) in [6, 6.07) is 12.2. The molecule has 1 aromatic carbocycles. The Morgan fingerprint density at radius 2 is 2.00 bits per heavy atom. The first kappa shape index (κ1) is 10.8. The van der Waals surface area contributed by atoms with Gasteiger partial charge in [-0.15, -0.1) is 0 Å². The molecule has 0 radical (unpaired) electrons. The molecule has 0 aliphatic heterocycles. The van der Waals surface area contributed by atoms with Crippen LogP contribution in [0.1, 0.15) is 11.3 Å². The smallest absolute Gasteiger partial charge is 0.117 e. The zero-order chi connectivity index (χ0) is 11.5. The Morgan fingerprint density at radius 1 is 1.31 bits per heavy atom. The number of rotatable bonds is 2. The second-order valence-corrected chi connectivity index (χ2v) is 4.48. The lowest BCUT2D eigenvalue weighted by atomic mass is 10.3. The lowest BCUT2D eigenvalue weighted by molar-refractivity contribution is 0.692. The predicted molar refractivity (Wildman–Crippen MR) is 63.2 cm³/mol. The number of hydrogen-bond acceptors (Lipinski definition) is 3. The van der Waals surface area contributed by atoms with Crippen molar-refractivity contribution < 1.29 is 0 Å². The van der Waals surface area contributed by atoms with Crippen LogP contribution < -0.4 is 0 Å². The van der Waals surface area contributed by atoms with Gasteiger partial charge in [-0.1, -0.05) is 30.0 Å². The van der Waals surface area contributed by atoms with Crippen LogP contribution in [0.15, 0.2) is 40.3 Å². The molecule has 3 nitrogen and oxygen atoms in total. The average molecular weight is 229 g/mol. The van der Waals surface area contributed by atoms with Gasteiger partial charge in [0.15, 0.2) is 0 Å². The van der Waals surface area contributed by atoms with E-state index in [-0.39, 0.29) is 0 Å². The zero-order valence-electron chi connectivity index (χ0n) is 9.14. The molecule has 1 heterocycles. The Kier molecular flexibility index (Phi) is 2.97. The molecular weight excluding hydrogens is 218 g/mol. The minimum absolute atomic E-state index is 0.663. The van der Waals surface area contributed by atoms with Crippen LogP contribution in [0.3, 0.4) is 0 Å². The van der Waals surface area contributed by atoms with Crippen LogP contribution in [-0.4, -0.2) is 9.78 Å². The van der Waals surface area contributed by atoms with E-state index in [2.05, 4.69) is 11.2 Å². The van der Waals surface area contributed by atoms with E-state index in [9.17, 15) is 0 Å². The summed E-state index contributed by atoms with van der Waals surface area (Å²) in [5, 5.41) is 14.2. The molecule has 0 aliphatic rings. The third kappa shape index (κ3) is 1.95. The molecule has 16 heavy (non-hydrogen) atoms. The van der Waals surface area contributed by atoms with Gasteiger partial charge in [0, 0.05) is 11.9 Å². The molecule has 0 amide bonds. The van der Waals surface area contributed by atoms with Crippen LogP contribution in [0.25, 0.3) is 0 Å². The summed E-state index contributed by atoms with van der Waals surface area (Å²) in [4.78, 5) is 1.11.